The first-order valence-electron chi connectivity index (χ1n) is 5.17. The summed E-state index contributed by atoms with van der Waals surface area (Å²) in [5, 5.41) is 4.15. The summed E-state index contributed by atoms with van der Waals surface area (Å²) < 4.78 is 15.3. The van der Waals surface area contributed by atoms with Crippen LogP contribution in [0.2, 0.25) is 5.02 Å². The lowest BCUT2D eigenvalue weighted by Crippen LogP contribution is -2.02. The van der Waals surface area contributed by atoms with Crippen LogP contribution in [0.25, 0.3) is 0 Å². The highest BCUT2D eigenvalue weighted by Crippen LogP contribution is 2.21. The number of rotatable bonds is 3. The van der Waals surface area contributed by atoms with Crippen LogP contribution in [0.4, 0.5) is 4.39 Å². The van der Waals surface area contributed by atoms with Gasteiger partial charge in [-0.1, -0.05) is 23.7 Å². The lowest BCUT2D eigenvalue weighted by Gasteiger charge is -2.04. The van der Waals surface area contributed by atoms with Gasteiger partial charge in [-0.3, -0.25) is 4.68 Å². The zero-order valence-electron chi connectivity index (χ0n) is 9.20. The summed E-state index contributed by atoms with van der Waals surface area (Å²) in [6.45, 7) is 2.21. The second kappa shape index (κ2) is 5.07. The van der Waals surface area contributed by atoms with Crippen molar-refractivity contribution in [2.24, 2.45) is 0 Å². The van der Waals surface area contributed by atoms with E-state index in [2.05, 4.69) is 5.10 Å². The van der Waals surface area contributed by atoms with E-state index in [-0.39, 0.29) is 10.4 Å². The van der Waals surface area contributed by atoms with Crippen LogP contribution in [0, 0.1) is 5.82 Å². The van der Waals surface area contributed by atoms with Gasteiger partial charge >= 0.3 is 0 Å². The Morgan fingerprint density at radius 2 is 2.24 bits per heavy atom. The molecule has 2 aromatic rings. The maximum Gasteiger partial charge on any atom is 0.146 e. The van der Waals surface area contributed by atoms with E-state index < -0.39 is 5.82 Å². The fraction of sp³-hybridized carbons (Fsp3) is 0.250. The molecule has 5 heteroatoms. The topological polar surface area (TPSA) is 17.8 Å². The van der Waals surface area contributed by atoms with Gasteiger partial charge in [0.25, 0.3) is 0 Å². The van der Waals surface area contributed by atoms with Crippen LogP contribution in [0.15, 0.2) is 30.6 Å². The fourth-order valence-electron chi connectivity index (χ4n) is 1.52. The van der Waals surface area contributed by atoms with Gasteiger partial charge in [0.15, 0.2) is 0 Å². The van der Waals surface area contributed by atoms with Crippen LogP contribution < -0.4 is 0 Å². The van der Waals surface area contributed by atoms with Gasteiger partial charge in [0, 0.05) is 17.3 Å². The fourth-order valence-corrected chi connectivity index (χ4v) is 1.82. The largest absolute Gasteiger partial charge is 0.268 e. The van der Waals surface area contributed by atoms with Gasteiger partial charge in [-0.2, -0.15) is 5.10 Å². The Balaban J connectivity index is 2.22. The zero-order valence-corrected chi connectivity index (χ0v) is 10.7. The molecule has 0 aliphatic rings. The number of benzene rings is 1. The number of aromatic nitrogens is 2. The summed E-state index contributed by atoms with van der Waals surface area (Å²) in [6.07, 6.45) is 3.48. The van der Waals surface area contributed by atoms with E-state index in [1.165, 1.54) is 6.07 Å². The smallest absolute Gasteiger partial charge is 0.146 e. The molecule has 0 N–H and O–H groups in total. The normalized spacial score (nSPS) is 12.7. The van der Waals surface area contributed by atoms with Crippen molar-refractivity contribution in [3.63, 3.8) is 0 Å². The molecule has 2 nitrogen and oxygen atoms in total. The van der Waals surface area contributed by atoms with E-state index in [0.29, 0.717) is 12.1 Å². The first-order chi connectivity index (χ1) is 8.08. The summed E-state index contributed by atoms with van der Waals surface area (Å²) in [7, 11) is 0. The second-order valence-corrected chi connectivity index (χ2v) is 4.86. The van der Waals surface area contributed by atoms with Crippen molar-refractivity contribution >= 4 is 23.2 Å². The van der Waals surface area contributed by atoms with E-state index in [9.17, 15) is 4.39 Å². The number of nitrogens with zero attached hydrogens (tertiary/aromatic N) is 2. The van der Waals surface area contributed by atoms with E-state index in [1.54, 1.807) is 29.2 Å². The van der Waals surface area contributed by atoms with Gasteiger partial charge in [-0.05, 0) is 13.0 Å². The Bertz CT molecular complexity index is 523. The number of alkyl halides is 1. The van der Waals surface area contributed by atoms with Gasteiger partial charge in [0.1, 0.15) is 5.82 Å². The van der Waals surface area contributed by atoms with Gasteiger partial charge in [-0.15, -0.1) is 11.6 Å². The predicted octanol–water partition coefficient (Wildman–Crippen LogP) is 4.02. The molecule has 1 unspecified atom stereocenters. The monoisotopic (exact) mass is 272 g/mol. The molecule has 0 saturated heterocycles. The minimum Gasteiger partial charge on any atom is -0.268 e. The quantitative estimate of drug-likeness (QED) is 0.772. The molecule has 17 heavy (non-hydrogen) atoms. The molecular formula is C12H11Cl2FN2. The van der Waals surface area contributed by atoms with Gasteiger partial charge in [0.2, 0.25) is 0 Å². The molecule has 1 aromatic carbocycles. The third-order valence-corrected chi connectivity index (χ3v) is 3.02. The van der Waals surface area contributed by atoms with Gasteiger partial charge in [-0.25, -0.2) is 4.39 Å². The van der Waals surface area contributed by atoms with Crippen molar-refractivity contribution in [3.05, 3.63) is 52.6 Å². The number of hydrogen-bond donors (Lipinski definition) is 0. The van der Waals surface area contributed by atoms with Crippen molar-refractivity contribution in [1.29, 1.82) is 0 Å². The first-order valence-corrected chi connectivity index (χ1v) is 5.98. The van der Waals surface area contributed by atoms with Crippen LogP contribution >= 0.6 is 23.2 Å². The first kappa shape index (κ1) is 12.4. The third-order valence-electron chi connectivity index (χ3n) is 2.48. The SMILES string of the molecule is CC(Cl)c1cnn(Cc2cccc(Cl)c2F)c1. The average molecular weight is 273 g/mol. The molecule has 1 heterocycles. The van der Waals surface area contributed by atoms with Crippen molar-refractivity contribution in [3.8, 4) is 0 Å². The Morgan fingerprint density at radius 1 is 1.47 bits per heavy atom. The third kappa shape index (κ3) is 2.79. The van der Waals surface area contributed by atoms with Crippen LogP contribution in [-0.2, 0) is 6.54 Å². The standard InChI is InChI=1S/C12H11Cl2FN2/c1-8(13)10-5-16-17(7-10)6-9-3-2-4-11(14)12(9)15/h2-5,7-8H,6H2,1H3. The van der Waals surface area contributed by atoms with Gasteiger partial charge in [0.05, 0.1) is 23.1 Å². The summed E-state index contributed by atoms with van der Waals surface area (Å²) in [5.41, 5.74) is 1.42. The molecule has 0 aliphatic heterocycles. The van der Waals surface area contributed by atoms with Crippen molar-refractivity contribution < 1.29 is 4.39 Å². The summed E-state index contributed by atoms with van der Waals surface area (Å²) in [6, 6.07) is 4.93. The minimum atomic E-state index is -0.398. The molecule has 0 fully saturated rings. The van der Waals surface area contributed by atoms with E-state index in [4.69, 9.17) is 23.2 Å². The number of hydrogen-bond acceptors (Lipinski definition) is 1. The lowest BCUT2D eigenvalue weighted by molar-refractivity contribution is 0.585. The maximum absolute atomic E-state index is 13.7. The van der Waals surface area contributed by atoms with Crippen LogP contribution in [0.1, 0.15) is 23.4 Å². The zero-order chi connectivity index (χ0) is 12.4. The summed E-state index contributed by atoms with van der Waals surface area (Å²) in [5.74, 6) is -0.398. The molecule has 1 aromatic heterocycles. The highest BCUT2D eigenvalue weighted by atomic mass is 35.5. The molecule has 0 amide bonds. The van der Waals surface area contributed by atoms with Crippen molar-refractivity contribution in [2.75, 3.05) is 0 Å². The Morgan fingerprint density at radius 3 is 2.88 bits per heavy atom. The van der Waals surface area contributed by atoms with E-state index in [0.717, 1.165) is 5.56 Å². The Hall–Kier alpha value is -1.06. The highest BCUT2D eigenvalue weighted by Gasteiger charge is 2.09. The average Bonchev–Trinajstić information content (AvgIpc) is 2.73. The van der Waals surface area contributed by atoms with Crippen molar-refractivity contribution in [2.45, 2.75) is 18.8 Å². The summed E-state index contributed by atoms with van der Waals surface area (Å²) >= 11 is 11.6. The molecule has 90 valence electrons. The molecule has 0 aliphatic carbocycles. The molecule has 2 rings (SSSR count). The van der Waals surface area contributed by atoms with E-state index in [1.807, 2.05) is 6.92 Å². The molecule has 0 saturated carbocycles. The molecule has 0 radical (unpaired) electrons. The molecule has 1 atom stereocenters. The Kier molecular flexibility index (Phi) is 3.69. The van der Waals surface area contributed by atoms with Crippen LogP contribution in [0.5, 0.6) is 0 Å². The maximum atomic E-state index is 13.7. The minimum absolute atomic E-state index is 0.104. The van der Waals surface area contributed by atoms with Crippen LogP contribution in [0.3, 0.4) is 0 Å². The number of halogens is 3. The molecular weight excluding hydrogens is 262 g/mol. The predicted molar refractivity (Wildman–Crippen MR) is 67.0 cm³/mol. The molecule has 0 bridgehead atoms. The lowest BCUT2D eigenvalue weighted by atomic mass is 10.2. The van der Waals surface area contributed by atoms with Crippen LogP contribution in [-0.4, -0.2) is 9.78 Å². The van der Waals surface area contributed by atoms with Crippen molar-refractivity contribution in [1.82, 2.24) is 9.78 Å². The van der Waals surface area contributed by atoms with Gasteiger partial charge < -0.3 is 0 Å². The van der Waals surface area contributed by atoms with E-state index >= 15 is 0 Å². The Labute approximate surface area is 109 Å². The summed E-state index contributed by atoms with van der Waals surface area (Å²) in [4.78, 5) is 0. The second-order valence-electron chi connectivity index (χ2n) is 3.80. The molecule has 0 spiro atoms. The highest BCUT2D eigenvalue weighted by molar-refractivity contribution is 6.30.